The fourth-order valence-electron chi connectivity index (χ4n) is 3.53. The maximum absolute atomic E-state index is 13.0. The Morgan fingerprint density at radius 2 is 2.10 bits per heavy atom. The van der Waals surface area contributed by atoms with Gasteiger partial charge >= 0.3 is 0 Å². The summed E-state index contributed by atoms with van der Waals surface area (Å²) in [5.41, 5.74) is 2.60. The number of amides is 1. The van der Waals surface area contributed by atoms with Crippen molar-refractivity contribution in [1.29, 1.82) is 5.41 Å². The first-order valence-electron chi connectivity index (χ1n) is 10.2. The highest BCUT2D eigenvalue weighted by atomic mass is 16.6. The maximum atomic E-state index is 13.0. The van der Waals surface area contributed by atoms with Crippen molar-refractivity contribution in [2.45, 2.75) is 39.0 Å². The number of hydrogen-bond donors (Lipinski definition) is 3. The largest absolute Gasteiger partial charge is 0.485 e. The molecule has 31 heavy (non-hydrogen) atoms. The summed E-state index contributed by atoms with van der Waals surface area (Å²) in [4.78, 5) is 21.4. The number of nitrogens with zero attached hydrogens (tertiary/aromatic N) is 2. The van der Waals surface area contributed by atoms with E-state index >= 15 is 0 Å². The standard InChI is InChI=1S/C23H26N4O4/c1-13(17-8-25-14(2)26-9-17)27-22(29)16-4-15(19-7-23(19,3)12-24)5-18(6-16)31-21-11-30-10-20(21)28/h4-9,12-13,20-21,24,28H,10-11H2,1-3H3,(H,27,29)/t13-,20?,21?,23?/m1/s1. The SMILES string of the molecule is Cc1ncc([C@@H](C)NC(=O)c2cc(OC3COCC3O)cc(C3=CC3(C)C=N)c2)cn1. The second-order valence-corrected chi connectivity index (χ2v) is 8.25. The van der Waals surface area contributed by atoms with Crippen LogP contribution in [0.15, 0.2) is 36.7 Å². The van der Waals surface area contributed by atoms with E-state index in [1.165, 1.54) is 6.21 Å². The fourth-order valence-corrected chi connectivity index (χ4v) is 3.53. The topological polar surface area (TPSA) is 117 Å². The number of aryl methyl sites for hydroxylation is 1. The van der Waals surface area contributed by atoms with E-state index < -0.39 is 17.6 Å². The van der Waals surface area contributed by atoms with Crippen LogP contribution in [0.1, 0.15) is 47.2 Å². The molecule has 0 radical (unpaired) electrons. The molecule has 8 nitrogen and oxygen atoms in total. The van der Waals surface area contributed by atoms with Gasteiger partial charge in [-0.15, -0.1) is 0 Å². The predicted molar refractivity (Wildman–Crippen MR) is 115 cm³/mol. The molecule has 1 aliphatic carbocycles. The summed E-state index contributed by atoms with van der Waals surface area (Å²) in [7, 11) is 0. The summed E-state index contributed by atoms with van der Waals surface area (Å²) >= 11 is 0. The van der Waals surface area contributed by atoms with Crippen LogP contribution in [0.25, 0.3) is 5.57 Å². The Hall–Kier alpha value is -3.10. The normalized spacial score (nSPS) is 25.5. The molecule has 0 saturated carbocycles. The number of aliphatic hydroxyl groups excluding tert-OH is 1. The zero-order valence-electron chi connectivity index (χ0n) is 17.8. The van der Waals surface area contributed by atoms with E-state index in [0.717, 1.165) is 16.7 Å². The van der Waals surface area contributed by atoms with Gasteiger partial charge in [0.25, 0.3) is 5.91 Å². The second-order valence-electron chi connectivity index (χ2n) is 8.25. The van der Waals surface area contributed by atoms with E-state index in [1.807, 2.05) is 26.0 Å². The number of aromatic nitrogens is 2. The predicted octanol–water partition coefficient (Wildman–Crippen LogP) is 2.47. The van der Waals surface area contributed by atoms with Gasteiger partial charge in [0.05, 0.1) is 19.3 Å². The number of nitrogens with one attached hydrogen (secondary N) is 2. The van der Waals surface area contributed by atoms with Gasteiger partial charge in [-0.2, -0.15) is 0 Å². The molecule has 4 atom stereocenters. The van der Waals surface area contributed by atoms with Crippen LogP contribution in [0.4, 0.5) is 0 Å². The highest BCUT2D eigenvalue weighted by Gasteiger charge is 2.38. The number of carbonyl (C=O) groups is 1. The highest BCUT2D eigenvalue weighted by Crippen LogP contribution is 2.49. The molecule has 0 spiro atoms. The zero-order chi connectivity index (χ0) is 22.2. The van der Waals surface area contributed by atoms with E-state index in [2.05, 4.69) is 15.3 Å². The lowest BCUT2D eigenvalue weighted by Gasteiger charge is -2.18. The van der Waals surface area contributed by atoms with Crippen LogP contribution in [0.3, 0.4) is 0 Å². The first kappa shape index (κ1) is 21.1. The van der Waals surface area contributed by atoms with Gasteiger partial charge in [0.1, 0.15) is 23.8 Å². The van der Waals surface area contributed by atoms with Crippen LogP contribution in [0, 0.1) is 17.7 Å². The summed E-state index contributed by atoms with van der Waals surface area (Å²) in [6, 6.07) is 5.01. The molecule has 1 fully saturated rings. The molecule has 4 rings (SSSR count). The first-order valence-corrected chi connectivity index (χ1v) is 10.2. The van der Waals surface area contributed by atoms with Gasteiger partial charge < -0.3 is 25.3 Å². The van der Waals surface area contributed by atoms with Crippen LogP contribution in [-0.2, 0) is 4.74 Å². The Morgan fingerprint density at radius 3 is 2.71 bits per heavy atom. The summed E-state index contributed by atoms with van der Waals surface area (Å²) in [6.45, 7) is 6.13. The van der Waals surface area contributed by atoms with Gasteiger partial charge in [0, 0.05) is 35.2 Å². The molecule has 8 heteroatoms. The lowest BCUT2D eigenvalue weighted by molar-refractivity contribution is 0.0732. The van der Waals surface area contributed by atoms with Gasteiger partial charge in [-0.25, -0.2) is 9.97 Å². The number of benzene rings is 1. The molecule has 1 aliphatic heterocycles. The molecule has 162 valence electrons. The Bertz CT molecular complexity index is 1040. The minimum Gasteiger partial charge on any atom is -0.485 e. The summed E-state index contributed by atoms with van der Waals surface area (Å²) < 4.78 is 11.2. The summed E-state index contributed by atoms with van der Waals surface area (Å²) in [5, 5.41) is 20.6. The van der Waals surface area contributed by atoms with Gasteiger partial charge in [-0.05, 0) is 50.1 Å². The van der Waals surface area contributed by atoms with Crippen molar-refractivity contribution >= 4 is 17.7 Å². The smallest absolute Gasteiger partial charge is 0.251 e. The first-order chi connectivity index (χ1) is 14.8. The third-order valence-electron chi connectivity index (χ3n) is 5.66. The number of rotatable bonds is 7. The number of aliphatic hydroxyl groups is 1. The lowest BCUT2D eigenvalue weighted by Crippen LogP contribution is -2.30. The van der Waals surface area contributed by atoms with Gasteiger partial charge in [-0.3, -0.25) is 4.79 Å². The van der Waals surface area contributed by atoms with Crippen LogP contribution < -0.4 is 10.1 Å². The van der Waals surface area contributed by atoms with Crippen molar-refractivity contribution in [1.82, 2.24) is 15.3 Å². The molecule has 1 amide bonds. The summed E-state index contributed by atoms with van der Waals surface area (Å²) in [6.07, 6.45) is 5.55. The third-order valence-corrected chi connectivity index (χ3v) is 5.66. The number of carbonyl (C=O) groups excluding carboxylic acids is 1. The van der Waals surface area contributed by atoms with E-state index in [0.29, 0.717) is 17.1 Å². The van der Waals surface area contributed by atoms with Crippen molar-refractivity contribution in [2.24, 2.45) is 5.41 Å². The number of allylic oxidation sites excluding steroid dienone is 2. The van der Waals surface area contributed by atoms with Crippen molar-refractivity contribution in [2.75, 3.05) is 13.2 Å². The zero-order valence-corrected chi connectivity index (χ0v) is 17.8. The second kappa shape index (κ2) is 8.20. The molecule has 1 aromatic heterocycles. The van der Waals surface area contributed by atoms with Gasteiger partial charge in [-0.1, -0.05) is 6.08 Å². The van der Waals surface area contributed by atoms with Crippen molar-refractivity contribution in [3.8, 4) is 5.75 Å². The van der Waals surface area contributed by atoms with Gasteiger partial charge in [0.2, 0.25) is 0 Å². The fraction of sp³-hybridized carbons (Fsp3) is 0.391. The van der Waals surface area contributed by atoms with Gasteiger partial charge in [0.15, 0.2) is 0 Å². The number of hydrogen-bond acceptors (Lipinski definition) is 7. The molecular weight excluding hydrogens is 396 g/mol. The molecule has 1 aromatic carbocycles. The van der Waals surface area contributed by atoms with Crippen LogP contribution in [-0.4, -0.2) is 52.6 Å². The van der Waals surface area contributed by atoms with E-state index in [4.69, 9.17) is 14.9 Å². The molecular formula is C23H26N4O4. The molecule has 2 heterocycles. The Labute approximate surface area is 180 Å². The van der Waals surface area contributed by atoms with Crippen molar-refractivity contribution in [3.05, 3.63) is 59.2 Å². The lowest BCUT2D eigenvalue weighted by atomic mass is 9.98. The average Bonchev–Trinajstić information content (AvgIpc) is 3.29. The maximum Gasteiger partial charge on any atom is 0.251 e. The molecule has 3 unspecified atom stereocenters. The van der Waals surface area contributed by atoms with E-state index in [-0.39, 0.29) is 25.2 Å². The average molecular weight is 422 g/mol. The third kappa shape index (κ3) is 4.50. The highest BCUT2D eigenvalue weighted by molar-refractivity contribution is 6.02. The van der Waals surface area contributed by atoms with Crippen LogP contribution in [0.5, 0.6) is 5.75 Å². The molecule has 2 aliphatic rings. The van der Waals surface area contributed by atoms with E-state index in [9.17, 15) is 9.90 Å². The molecule has 2 aromatic rings. The van der Waals surface area contributed by atoms with E-state index in [1.54, 1.807) is 31.5 Å². The Kier molecular flexibility index (Phi) is 5.60. The summed E-state index contributed by atoms with van der Waals surface area (Å²) in [5.74, 6) is 0.881. The van der Waals surface area contributed by atoms with Crippen LogP contribution in [0.2, 0.25) is 0 Å². The van der Waals surface area contributed by atoms with Crippen molar-refractivity contribution in [3.63, 3.8) is 0 Å². The molecule has 3 N–H and O–H groups in total. The van der Waals surface area contributed by atoms with Crippen molar-refractivity contribution < 1.29 is 19.4 Å². The number of ether oxygens (including phenoxy) is 2. The Morgan fingerprint density at radius 1 is 1.35 bits per heavy atom. The Balaban J connectivity index is 1.58. The molecule has 0 bridgehead atoms. The quantitative estimate of drug-likeness (QED) is 0.590. The minimum absolute atomic E-state index is 0.227. The molecule has 1 saturated heterocycles. The minimum atomic E-state index is -0.713. The van der Waals surface area contributed by atoms with Crippen LogP contribution >= 0.6 is 0 Å². The monoisotopic (exact) mass is 422 g/mol.